The first-order valence-corrected chi connectivity index (χ1v) is 11.6. The van der Waals surface area contributed by atoms with E-state index in [-0.39, 0.29) is 0 Å². The molecule has 0 unspecified atom stereocenters. The number of nitrogens with zero attached hydrogens (tertiary/aromatic N) is 2. The molecule has 1 aliphatic rings. The van der Waals surface area contributed by atoms with Crippen molar-refractivity contribution in [1.29, 1.82) is 0 Å². The predicted molar refractivity (Wildman–Crippen MR) is 118 cm³/mol. The fourth-order valence-electron chi connectivity index (χ4n) is 3.57. The van der Waals surface area contributed by atoms with Crippen LogP contribution in [-0.4, -0.2) is 30.8 Å². The first kappa shape index (κ1) is 20.1. The lowest BCUT2D eigenvalue weighted by molar-refractivity contribution is 0.288. The molecule has 5 nitrogen and oxygen atoms in total. The molecule has 1 fully saturated rings. The van der Waals surface area contributed by atoms with Gasteiger partial charge in [-0.25, -0.2) is 13.4 Å². The summed E-state index contributed by atoms with van der Waals surface area (Å²) in [5, 5.41) is 4.64. The normalized spacial score (nSPS) is 16.2. The molecular weight excluding hydrogens is 406 g/mol. The minimum atomic E-state index is -3.47. The van der Waals surface area contributed by atoms with Crippen LogP contribution in [0.25, 0.3) is 10.9 Å². The summed E-state index contributed by atoms with van der Waals surface area (Å²) in [6, 6.07) is 14.6. The van der Waals surface area contributed by atoms with Gasteiger partial charge in [0.1, 0.15) is 5.82 Å². The Kier molecular flexibility index (Phi) is 5.51. The van der Waals surface area contributed by atoms with Gasteiger partial charge in [0, 0.05) is 18.5 Å². The second-order valence-corrected chi connectivity index (χ2v) is 10.1. The van der Waals surface area contributed by atoms with Gasteiger partial charge in [-0.15, -0.1) is 0 Å². The topological polar surface area (TPSA) is 62.3 Å². The average molecular weight is 430 g/mol. The van der Waals surface area contributed by atoms with Crippen molar-refractivity contribution in [2.24, 2.45) is 5.92 Å². The number of fused-ring (bicyclic) bond motifs is 1. The lowest BCUT2D eigenvalue weighted by Gasteiger charge is -2.29. The minimum absolute atomic E-state index is 0.323. The molecule has 1 aliphatic heterocycles. The van der Waals surface area contributed by atoms with Crippen LogP contribution in [0.2, 0.25) is 5.02 Å². The summed E-state index contributed by atoms with van der Waals surface area (Å²) in [6.45, 7) is 5.32. The second kappa shape index (κ2) is 7.94. The molecule has 0 amide bonds. The molecule has 29 heavy (non-hydrogen) atoms. The fourth-order valence-corrected chi connectivity index (χ4v) is 5.36. The summed E-state index contributed by atoms with van der Waals surface area (Å²) in [5.74, 6) is 1.24. The quantitative estimate of drug-likeness (QED) is 0.606. The zero-order valence-electron chi connectivity index (χ0n) is 16.5. The van der Waals surface area contributed by atoms with Crippen LogP contribution in [0.5, 0.6) is 0 Å². The molecule has 1 saturated heterocycles. The Balaban J connectivity index is 1.60. The van der Waals surface area contributed by atoms with E-state index in [1.54, 1.807) is 22.5 Å². The second-order valence-electron chi connectivity index (χ2n) is 7.75. The Labute approximate surface area is 176 Å². The zero-order valence-corrected chi connectivity index (χ0v) is 18.1. The Morgan fingerprint density at radius 1 is 1.07 bits per heavy atom. The molecule has 2 heterocycles. The van der Waals surface area contributed by atoms with E-state index in [4.69, 9.17) is 11.6 Å². The number of piperidine rings is 1. The van der Waals surface area contributed by atoms with E-state index in [0.29, 0.717) is 34.7 Å². The van der Waals surface area contributed by atoms with Gasteiger partial charge in [0.25, 0.3) is 0 Å². The molecule has 0 radical (unpaired) electrons. The van der Waals surface area contributed by atoms with E-state index in [0.717, 1.165) is 35.0 Å². The average Bonchev–Trinajstić information content (AvgIpc) is 2.70. The van der Waals surface area contributed by atoms with Crippen molar-refractivity contribution >= 4 is 44.0 Å². The van der Waals surface area contributed by atoms with Crippen molar-refractivity contribution in [3.05, 3.63) is 59.1 Å². The molecule has 7 heteroatoms. The number of hydrogen-bond donors (Lipinski definition) is 1. The standard InChI is InChI=1S/C22H24ClN3O2S/c1-15-9-11-26(12-10-15)29(27,28)18-5-7-20-17(14-18)4-8-22(24-20)25-21-6-3-16(2)13-19(21)23/h3-8,13-15H,9-12H2,1-2H3,(H,24,25). The van der Waals surface area contributed by atoms with Crippen LogP contribution in [0.4, 0.5) is 11.5 Å². The zero-order chi connectivity index (χ0) is 20.6. The number of hydrogen-bond acceptors (Lipinski definition) is 4. The molecule has 4 rings (SSSR count). The number of aryl methyl sites for hydroxylation is 1. The van der Waals surface area contributed by atoms with Crippen molar-refractivity contribution < 1.29 is 8.42 Å². The summed E-state index contributed by atoms with van der Waals surface area (Å²) in [6.07, 6.45) is 1.82. The molecule has 1 N–H and O–H groups in total. The van der Waals surface area contributed by atoms with Crippen molar-refractivity contribution in [3.8, 4) is 0 Å². The number of rotatable bonds is 4. The SMILES string of the molecule is Cc1ccc(Nc2ccc3cc(S(=O)(=O)N4CCC(C)CC4)ccc3n2)c(Cl)c1. The van der Waals surface area contributed by atoms with Crippen molar-refractivity contribution in [1.82, 2.24) is 9.29 Å². The van der Waals surface area contributed by atoms with Gasteiger partial charge in [0.05, 0.1) is 21.1 Å². The molecule has 0 spiro atoms. The summed E-state index contributed by atoms with van der Waals surface area (Å²) >= 11 is 6.29. The Bertz CT molecular complexity index is 1160. The first-order valence-electron chi connectivity index (χ1n) is 9.77. The van der Waals surface area contributed by atoms with E-state index in [2.05, 4.69) is 17.2 Å². The molecule has 152 valence electrons. The van der Waals surface area contributed by atoms with Crippen molar-refractivity contribution in [2.45, 2.75) is 31.6 Å². The van der Waals surface area contributed by atoms with Crippen LogP contribution in [0.1, 0.15) is 25.3 Å². The maximum atomic E-state index is 13.0. The van der Waals surface area contributed by atoms with Crippen molar-refractivity contribution in [2.75, 3.05) is 18.4 Å². The molecule has 1 aromatic heterocycles. The highest BCUT2D eigenvalue weighted by Crippen LogP contribution is 2.28. The van der Waals surface area contributed by atoms with Gasteiger partial charge in [-0.3, -0.25) is 0 Å². The fraction of sp³-hybridized carbons (Fsp3) is 0.318. The monoisotopic (exact) mass is 429 g/mol. The van der Waals surface area contributed by atoms with Gasteiger partial charge in [-0.05, 0) is 73.7 Å². The maximum Gasteiger partial charge on any atom is 0.243 e. The molecule has 0 aliphatic carbocycles. The van der Waals surface area contributed by atoms with Crippen LogP contribution in [0.3, 0.4) is 0 Å². The molecule has 0 bridgehead atoms. The number of anilines is 2. The van der Waals surface area contributed by atoms with Crippen LogP contribution < -0.4 is 5.32 Å². The number of sulfonamides is 1. The van der Waals surface area contributed by atoms with Gasteiger partial charge in [-0.2, -0.15) is 4.31 Å². The first-order chi connectivity index (χ1) is 13.8. The third-order valence-electron chi connectivity index (χ3n) is 5.43. The van der Waals surface area contributed by atoms with Gasteiger partial charge in [-0.1, -0.05) is 24.6 Å². The largest absolute Gasteiger partial charge is 0.339 e. The minimum Gasteiger partial charge on any atom is -0.339 e. The summed E-state index contributed by atoms with van der Waals surface area (Å²) in [7, 11) is -3.47. The highest BCUT2D eigenvalue weighted by molar-refractivity contribution is 7.89. The van der Waals surface area contributed by atoms with Gasteiger partial charge < -0.3 is 5.32 Å². The van der Waals surface area contributed by atoms with Gasteiger partial charge >= 0.3 is 0 Å². The lowest BCUT2D eigenvalue weighted by atomic mass is 10.0. The van der Waals surface area contributed by atoms with E-state index >= 15 is 0 Å². The van der Waals surface area contributed by atoms with Crippen LogP contribution in [0, 0.1) is 12.8 Å². The summed E-state index contributed by atoms with van der Waals surface area (Å²) in [5.41, 5.74) is 2.59. The molecule has 2 aromatic carbocycles. The molecular formula is C22H24ClN3O2S. The van der Waals surface area contributed by atoms with Crippen LogP contribution >= 0.6 is 11.6 Å². The maximum absolute atomic E-state index is 13.0. The Morgan fingerprint density at radius 2 is 1.83 bits per heavy atom. The molecule has 0 saturated carbocycles. The number of benzene rings is 2. The number of halogens is 1. The van der Waals surface area contributed by atoms with E-state index < -0.39 is 10.0 Å². The number of aromatic nitrogens is 1. The lowest BCUT2D eigenvalue weighted by Crippen LogP contribution is -2.37. The van der Waals surface area contributed by atoms with Gasteiger partial charge in [0.2, 0.25) is 10.0 Å². The number of pyridine rings is 1. The van der Waals surface area contributed by atoms with Crippen LogP contribution in [0.15, 0.2) is 53.4 Å². The third kappa shape index (κ3) is 4.25. The van der Waals surface area contributed by atoms with Crippen molar-refractivity contribution in [3.63, 3.8) is 0 Å². The highest BCUT2D eigenvalue weighted by Gasteiger charge is 2.28. The van der Waals surface area contributed by atoms with Crippen LogP contribution in [-0.2, 0) is 10.0 Å². The van der Waals surface area contributed by atoms with E-state index in [1.807, 2.05) is 37.3 Å². The Morgan fingerprint density at radius 3 is 2.55 bits per heavy atom. The molecule has 3 aromatic rings. The van der Waals surface area contributed by atoms with E-state index in [9.17, 15) is 8.42 Å². The number of nitrogens with one attached hydrogen (secondary N) is 1. The highest BCUT2D eigenvalue weighted by atomic mass is 35.5. The van der Waals surface area contributed by atoms with E-state index in [1.165, 1.54) is 0 Å². The van der Waals surface area contributed by atoms with Gasteiger partial charge in [0.15, 0.2) is 0 Å². The smallest absolute Gasteiger partial charge is 0.243 e. The molecule has 0 atom stereocenters. The third-order valence-corrected chi connectivity index (χ3v) is 7.64. The summed E-state index contributed by atoms with van der Waals surface area (Å²) in [4.78, 5) is 4.92. The summed E-state index contributed by atoms with van der Waals surface area (Å²) < 4.78 is 27.6. The predicted octanol–water partition coefficient (Wildman–Crippen LogP) is 5.36. The Hall–Kier alpha value is -2.15.